The number of aryl methyl sites for hydroxylation is 1. The molecule has 28 heavy (non-hydrogen) atoms. The number of phenols is 2. The van der Waals surface area contributed by atoms with Crippen molar-refractivity contribution in [2.45, 2.75) is 91.9 Å². The van der Waals surface area contributed by atoms with Gasteiger partial charge in [-0.05, 0) is 51.8 Å². The fraction of sp³-hybridized carbons (Fsp3) is 0.538. The van der Waals surface area contributed by atoms with Gasteiger partial charge in [-0.3, -0.25) is 0 Å². The van der Waals surface area contributed by atoms with Crippen LogP contribution in [0.1, 0.15) is 96.9 Å². The second-order valence-electron chi connectivity index (χ2n) is 9.55. The minimum absolute atomic E-state index is 0.00891. The second-order valence-corrected chi connectivity index (χ2v) is 9.55. The summed E-state index contributed by atoms with van der Waals surface area (Å²) < 4.78 is 0. The lowest BCUT2D eigenvalue weighted by Crippen LogP contribution is -2.15. The molecule has 156 valence electrons. The van der Waals surface area contributed by atoms with E-state index in [1.807, 2.05) is 36.4 Å². The zero-order chi connectivity index (χ0) is 21.7. The highest BCUT2D eigenvalue weighted by Crippen LogP contribution is 2.36. The van der Waals surface area contributed by atoms with Crippen LogP contribution in [0, 0.1) is 0 Å². The van der Waals surface area contributed by atoms with Gasteiger partial charge in [-0.1, -0.05) is 98.7 Å². The number of para-hydroxylation sites is 2. The summed E-state index contributed by atoms with van der Waals surface area (Å²) in [4.78, 5) is 0. The molecule has 0 bridgehead atoms. The maximum Gasteiger partial charge on any atom is 0.122 e. The summed E-state index contributed by atoms with van der Waals surface area (Å²) in [5.74, 6) is 1.33. The zero-order valence-corrected chi connectivity index (χ0v) is 19.4. The van der Waals surface area contributed by atoms with Gasteiger partial charge < -0.3 is 10.2 Å². The van der Waals surface area contributed by atoms with Crippen LogP contribution in [0.3, 0.4) is 0 Å². The van der Waals surface area contributed by atoms with Gasteiger partial charge in [0.25, 0.3) is 0 Å². The normalized spacial score (nSPS) is 11.9. The molecule has 2 N–H and O–H groups in total. The van der Waals surface area contributed by atoms with Crippen molar-refractivity contribution in [3.8, 4) is 11.5 Å². The molecule has 0 amide bonds. The minimum atomic E-state index is 0.00891. The monoisotopic (exact) mass is 384 g/mol. The summed E-state index contributed by atoms with van der Waals surface area (Å²) in [7, 11) is 0. The maximum absolute atomic E-state index is 10.1. The molecular weight excluding hydrogens is 344 g/mol. The van der Waals surface area contributed by atoms with Crippen LogP contribution in [0.2, 0.25) is 0 Å². The Balaban J connectivity index is 0.000000280. The highest BCUT2D eigenvalue weighted by Gasteiger charge is 2.22. The van der Waals surface area contributed by atoms with Gasteiger partial charge in [0.1, 0.15) is 11.5 Å². The Morgan fingerprint density at radius 3 is 1.79 bits per heavy atom. The fourth-order valence-electron chi connectivity index (χ4n) is 3.25. The molecule has 2 aromatic rings. The van der Waals surface area contributed by atoms with Crippen molar-refractivity contribution in [1.29, 1.82) is 0 Å². The van der Waals surface area contributed by atoms with E-state index >= 15 is 0 Å². The van der Waals surface area contributed by atoms with Crippen LogP contribution >= 0.6 is 0 Å². The molecule has 0 fully saturated rings. The largest absolute Gasteiger partial charge is 0.507 e. The molecule has 0 aliphatic carbocycles. The van der Waals surface area contributed by atoms with Crippen molar-refractivity contribution in [2.75, 3.05) is 0 Å². The lowest BCUT2D eigenvalue weighted by molar-refractivity contribution is 0.424. The molecule has 2 aromatic carbocycles. The minimum Gasteiger partial charge on any atom is -0.507 e. The maximum atomic E-state index is 10.1. The highest BCUT2D eigenvalue weighted by molar-refractivity contribution is 5.45. The Bertz CT molecular complexity index is 764. The van der Waals surface area contributed by atoms with Gasteiger partial charge in [0.2, 0.25) is 0 Å². The standard InChI is InChI=1S/2C13H20O/c1-9(2)10-7-6-8-11(12(10)14)13(3,4)5;1-5-10-8-7-9-11(12(10)14)13(3,4)6-2/h6-9,14H,1-5H3;7-9,14H,5-6H2,1-4H3. The van der Waals surface area contributed by atoms with Crippen LogP contribution in [0.5, 0.6) is 11.5 Å². The van der Waals surface area contributed by atoms with E-state index in [1.165, 1.54) is 0 Å². The smallest absolute Gasteiger partial charge is 0.122 e. The third-order valence-corrected chi connectivity index (χ3v) is 5.61. The number of rotatable bonds is 4. The van der Waals surface area contributed by atoms with Crippen molar-refractivity contribution in [3.63, 3.8) is 0 Å². The molecule has 0 saturated carbocycles. The van der Waals surface area contributed by atoms with Crippen molar-refractivity contribution < 1.29 is 10.2 Å². The topological polar surface area (TPSA) is 40.5 Å². The molecule has 0 unspecified atom stereocenters. The van der Waals surface area contributed by atoms with Gasteiger partial charge >= 0.3 is 0 Å². The molecule has 0 atom stereocenters. The van der Waals surface area contributed by atoms with E-state index in [-0.39, 0.29) is 10.8 Å². The molecule has 2 nitrogen and oxygen atoms in total. The van der Waals surface area contributed by atoms with Gasteiger partial charge in [-0.25, -0.2) is 0 Å². The third-order valence-electron chi connectivity index (χ3n) is 5.61. The number of phenolic OH excluding ortho intramolecular Hbond substituents is 2. The van der Waals surface area contributed by atoms with Gasteiger partial charge in [0.15, 0.2) is 0 Å². The molecule has 0 spiro atoms. The van der Waals surface area contributed by atoms with E-state index in [2.05, 4.69) is 62.3 Å². The predicted molar refractivity (Wildman–Crippen MR) is 122 cm³/mol. The quantitative estimate of drug-likeness (QED) is 0.574. The van der Waals surface area contributed by atoms with Crippen molar-refractivity contribution in [2.24, 2.45) is 0 Å². The van der Waals surface area contributed by atoms with E-state index in [0.29, 0.717) is 17.4 Å². The predicted octanol–water partition coefficient (Wildman–Crippen LogP) is 7.46. The number of benzene rings is 2. The van der Waals surface area contributed by atoms with Crippen molar-refractivity contribution >= 4 is 0 Å². The molecule has 2 heteroatoms. The van der Waals surface area contributed by atoms with Crippen LogP contribution in [0.25, 0.3) is 0 Å². The van der Waals surface area contributed by atoms with Gasteiger partial charge in [-0.2, -0.15) is 0 Å². The van der Waals surface area contributed by atoms with Crippen LogP contribution in [0.4, 0.5) is 0 Å². The van der Waals surface area contributed by atoms with Crippen LogP contribution in [0.15, 0.2) is 36.4 Å². The molecule has 0 aromatic heterocycles. The molecular formula is C26H40O2. The molecule has 2 rings (SSSR count). The average Bonchev–Trinajstić information content (AvgIpc) is 2.61. The first-order chi connectivity index (χ1) is 12.9. The summed E-state index contributed by atoms with van der Waals surface area (Å²) in [5.41, 5.74) is 4.26. The highest BCUT2D eigenvalue weighted by atomic mass is 16.3. The summed E-state index contributed by atoms with van der Waals surface area (Å²) >= 11 is 0. The lowest BCUT2D eigenvalue weighted by atomic mass is 9.81. The Hall–Kier alpha value is -1.96. The van der Waals surface area contributed by atoms with E-state index in [9.17, 15) is 10.2 Å². The van der Waals surface area contributed by atoms with Crippen LogP contribution in [-0.2, 0) is 17.3 Å². The first-order valence-electron chi connectivity index (χ1n) is 10.5. The van der Waals surface area contributed by atoms with E-state index in [0.717, 1.165) is 35.1 Å². The Labute approximate surface area is 172 Å². The molecule has 0 heterocycles. The van der Waals surface area contributed by atoms with Crippen LogP contribution < -0.4 is 0 Å². The number of hydrogen-bond acceptors (Lipinski definition) is 2. The van der Waals surface area contributed by atoms with Gasteiger partial charge in [-0.15, -0.1) is 0 Å². The molecule has 0 saturated heterocycles. The van der Waals surface area contributed by atoms with Gasteiger partial charge in [0.05, 0.1) is 0 Å². The number of aromatic hydroxyl groups is 2. The summed E-state index contributed by atoms with van der Waals surface area (Å²) in [5, 5.41) is 20.2. The zero-order valence-electron chi connectivity index (χ0n) is 19.4. The van der Waals surface area contributed by atoms with Crippen molar-refractivity contribution in [3.05, 3.63) is 58.7 Å². The Morgan fingerprint density at radius 1 is 0.786 bits per heavy atom. The average molecular weight is 385 g/mol. The first kappa shape index (κ1) is 24.1. The third kappa shape index (κ3) is 5.77. The molecule has 0 aliphatic rings. The second kappa shape index (κ2) is 9.49. The summed E-state index contributed by atoms with van der Waals surface area (Å²) in [6.45, 7) is 19.1. The van der Waals surface area contributed by atoms with E-state index in [1.54, 1.807) is 0 Å². The Kier molecular flexibility index (Phi) is 8.16. The number of hydrogen-bond donors (Lipinski definition) is 2. The van der Waals surface area contributed by atoms with E-state index < -0.39 is 0 Å². The Morgan fingerprint density at radius 2 is 1.32 bits per heavy atom. The van der Waals surface area contributed by atoms with E-state index in [4.69, 9.17) is 0 Å². The van der Waals surface area contributed by atoms with Crippen LogP contribution in [-0.4, -0.2) is 10.2 Å². The summed E-state index contributed by atoms with van der Waals surface area (Å²) in [6.07, 6.45) is 1.92. The molecule has 0 aliphatic heterocycles. The summed E-state index contributed by atoms with van der Waals surface area (Å²) in [6, 6.07) is 12.1. The first-order valence-corrected chi connectivity index (χ1v) is 10.5. The SMILES string of the molecule is CC(C)c1cccc(C(C)(C)C)c1O.CCc1cccc(C(C)(C)CC)c1O. The van der Waals surface area contributed by atoms with Gasteiger partial charge in [0, 0.05) is 0 Å². The lowest BCUT2D eigenvalue weighted by Gasteiger charge is -2.25. The fourth-order valence-corrected chi connectivity index (χ4v) is 3.25. The molecule has 0 radical (unpaired) electrons. The van der Waals surface area contributed by atoms with Crippen molar-refractivity contribution in [1.82, 2.24) is 0 Å².